The van der Waals surface area contributed by atoms with Gasteiger partial charge in [0.15, 0.2) is 0 Å². The van der Waals surface area contributed by atoms with Crippen molar-refractivity contribution in [3.63, 3.8) is 0 Å². The van der Waals surface area contributed by atoms with Gasteiger partial charge in [0, 0.05) is 32.2 Å². The fraction of sp³-hybridized carbons (Fsp3) is 0.391. The molecule has 0 saturated heterocycles. The molecule has 1 aliphatic heterocycles. The van der Waals surface area contributed by atoms with Crippen molar-refractivity contribution in [2.75, 3.05) is 45.4 Å². The molecule has 0 radical (unpaired) electrons. The van der Waals surface area contributed by atoms with Crippen molar-refractivity contribution in [3.05, 3.63) is 57.9 Å². The lowest BCUT2D eigenvalue weighted by Crippen LogP contribution is -2.37. The summed E-state index contributed by atoms with van der Waals surface area (Å²) in [6.07, 6.45) is 0. The van der Waals surface area contributed by atoms with Crippen LogP contribution in [0.2, 0.25) is 0 Å². The van der Waals surface area contributed by atoms with Crippen molar-refractivity contribution in [3.8, 4) is 0 Å². The van der Waals surface area contributed by atoms with Crippen LogP contribution in [0.15, 0.2) is 47.5 Å². The Morgan fingerprint density at radius 1 is 0.967 bits per heavy atom. The quantitative estimate of drug-likeness (QED) is 0.540. The van der Waals surface area contributed by atoms with Crippen molar-refractivity contribution in [2.45, 2.75) is 19.8 Å². The largest absolute Gasteiger partial charge is 0.383 e. The number of imide groups is 1. The number of hydrogen-bond acceptors (Lipinski definition) is 6. The first-order chi connectivity index (χ1) is 14.5. The third-order valence-corrected chi connectivity index (χ3v) is 5.98. The number of rotatable bonds is 10. The van der Waals surface area contributed by atoms with Crippen molar-refractivity contribution < 1.29 is 19.1 Å². The highest BCUT2D eigenvalue weighted by Gasteiger charge is 2.42. The van der Waals surface area contributed by atoms with Crippen LogP contribution < -0.4 is 4.90 Å². The highest BCUT2D eigenvalue weighted by Crippen LogP contribution is 2.36. The summed E-state index contributed by atoms with van der Waals surface area (Å²) in [7, 11) is 3.24. The predicted molar refractivity (Wildman–Crippen MR) is 120 cm³/mol. The van der Waals surface area contributed by atoms with Gasteiger partial charge >= 0.3 is 0 Å². The monoisotopic (exact) mass is 428 g/mol. The number of carbonyl (C=O) groups excluding carboxylic acids is 2. The summed E-state index contributed by atoms with van der Waals surface area (Å²) in [5.74, 6) is -0.236. The third kappa shape index (κ3) is 4.48. The zero-order valence-corrected chi connectivity index (χ0v) is 18.7. The molecule has 30 heavy (non-hydrogen) atoms. The molecule has 1 aromatic heterocycles. The van der Waals surface area contributed by atoms with Gasteiger partial charge in [0.05, 0.1) is 24.5 Å². The van der Waals surface area contributed by atoms with Crippen LogP contribution in [-0.4, -0.2) is 57.2 Å². The number of methoxy groups -OCH3 is 2. The number of thiophene rings is 1. The minimum atomic E-state index is -0.312. The second-order valence-electron chi connectivity index (χ2n) is 7.37. The molecule has 2 aromatic rings. The molecule has 1 aromatic carbocycles. The van der Waals surface area contributed by atoms with Crippen LogP contribution in [0.4, 0.5) is 5.69 Å². The maximum absolute atomic E-state index is 13.5. The summed E-state index contributed by atoms with van der Waals surface area (Å²) in [6, 6.07) is 11.4. The summed E-state index contributed by atoms with van der Waals surface area (Å²) >= 11 is 1.45. The molecule has 7 heteroatoms. The average Bonchev–Trinajstić information content (AvgIpc) is 3.35. The maximum Gasteiger partial charge on any atom is 0.282 e. The minimum Gasteiger partial charge on any atom is -0.383 e. The van der Waals surface area contributed by atoms with Crippen molar-refractivity contribution in [2.24, 2.45) is 0 Å². The molecule has 3 rings (SSSR count). The molecule has 0 aliphatic carbocycles. The molecule has 1 aliphatic rings. The average molecular weight is 429 g/mol. The highest BCUT2D eigenvalue weighted by atomic mass is 32.1. The molecule has 6 nitrogen and oxygen atoms in total. The lowest BCUT2D eigenvalue weighted by Gasteiger charge is -2.25. The van der Waals surface area contributed by atoms with Crippen molar-refractivity contribution in [1.29, 1.82) is 0 Å². The van der Waals surface area contributed by atoms with Gasteiger partial charge in [-0.25, -0.2) is 4.90 Å². The molecular formula is C23H28N2O4S. The summed E-state index contributed by atoms with van der Waals surface area (Å²) in [5.41, 5.74) is 2.59. The Balaban J connectivity index is 2.03. The van der Waals surface area contributed by atoms with Crippen LogP contribution in [0.3, 0.4) is 0 Å². The lowest BCUT2D eigenvalue weighted by atomic mass is 10.0. The Kier molecular flexibility index (Phi) is 7.42. The second kappa shape index (κ2) is 10.0. The fourth-order valence-electron chi connectivity index (χ4n) is 3.44. The smallest absolute Gasteiger partial charge is 0.282 e. The molecule has 0 fully saturated rings. The lowest BCUT2D eigenvalue weighted by molar-refractivity contribution is -0.120. The molecule has 160 valence electrons. The second-order valence-corrected chi connectivity index (χ2v) is 8.31. The van der Waals surface area contributed by atoms with E-state index in [-0.39, 0.29) is 11.8 Å². The van der Waals surface area contributed by atoms with Crippen LogP contribution in [0.1, 0.15) is 30.2 Å². The van der Waals surface area contributed by atoms with Gasteiger partial charge in [-0.3, -0.25) is 9.59 Å². The van der Waals surface area contributed by atoms with E-state index in [2.05, 4.69) is 13.8 Å². The molecule has 2 amide bonds. The molecule has 0 saturated carbocycles. The summed E-state index contributed by atoms with van der Waals surface area (Å²) in [6.45, 7) is 6.08. The summed E-state index contributed by atoms with van der Waals surface area (Å²) < 4.78 is 10.5. The number of hydrogen-bond donors (Lipinski definition) is 0. The molecule has 0 unspecified atom stereocenters. The van der Waals surface area contributed by atoms with Gasteiger partial charge in [0.25, 0.3) is 11.8 Å². The first-order valence-corrected chi connectivity index (χ1v) is 10.9. The predicted octanol–water partition coefficient (Wildman–Crippen LogP) is 3.75. The number of amides is 2. The first-order valence-electron chi connectivity index (χ1n) is 9.99. The van der Waals surface area contributed by atoms with Crippen LogP contribution in [0.25, 0.3) is 5.57 Å². The van der Waals surface area contributed by atoms with Gasteiger partial charge < -0.3 is 14.4 Å². The Bertz CT molecular complexity index is 896. The third-order valence-electron chi connectivity index (χ3n) is 5.09. The van der Waals surface area contributed by atoms with Crippen LogP contribution in [0, 0.1) is 0 Å². The van der Waals surface area contributed by atoms with Crippen molar-refractivity contribution >= 4 is 34.4 Å². The SMILES string of the molecule is COCCN(CCOC)C1=C(c2cccs2)C(=O)N(c2ccc(C(C)C)cc2)C1=O. The molecule has 0 bridgehead atoms. The zero-order valence-electron chi connectivity index (χ0n) is 17.9. The Morgan fingerprint density at radius 3 is 2.10 bits per heavy atom. The topological polar surface area (TPSA) is 59.1 Å². The molecule has 0 spiro atoms. The van der Waals surface area contributed by atoms with Gasteiger partial charge in [-0.2, -0.15) is 0 Å². The number of carbonyl (C=O) groups is 2. The van der Waals surface area contributed by atoms with Crippen LogP contribution in [-0.2, 0) is 19.1 Å². The molecule has 0 atom stereocenters. The van der Waals surface area contributed by atoms with Gasteiger partial charge in [-0.05, 0) is 35.1 Å². The van der Waals surface area contributed by atoms with Gasteiger partial charge in [0.2, 0.25) is 0 Å². The maximum atomic E-state index is 13.5. The molecule has 0 N–H and O–H groups in total. The Labute approximate surface area is 181 Å². The zero-order chi connectivity index (χ0) is 21.7. The van der Waals surface area contributed by atoms with E-state index in [0.717, 1.165) is 10.4 Å². The highest BCUT2D eigenvalue weighted by molar-refractivity contribution is 7.11. The van der Waals surface area contributed by atoms with E-state index in [1.54, 1.807) is 14.2 Å². The number of nitrogens with zero attached hydrogens (tertiary/aromatic N) is 2. The van der Waals surface area contributed by atoms with E-state index >= 15 is 0 Å². The van der Waals surface area contributed by atoms with E-state index in [0.29, 0.717) is 49.2 Å². The minimum absolute atomic E-state index is 0.297. The van der Waals surface area contributed by atoms with Crippen LogP contribution >= 0.6 is 11.3 Å². The normalized spacial score (nSPS) is 14.4. The molecular weight excluding hydrogens is 400 g/mol. The van der Waals surface area contributed by atoms with Crippen LogP contribution in [0.5, 0.6) is 0 Å². The summed E-state index contributed by atoms with van der Waals surface area (Å²) in [5, 5.41) is 1.91. The first kappa shape index (κ1) is 22.2. The van der Waals surface area contributed by atoms with E-state index in [9.17, 15) is 9.59 Å². The van der Waals surface area contributed by atoms with Gasteiger partial charge in [-0.15, -0.1) is 11.3 Å². The summed E-state index contributed by atoms with van der Waals surface area (Å²) in [4.78, 5) is 31.0. The van der Waals surface area contributed by atoms with Gasteiger partial charge in [0.1, 0.15) is 5.70 Å². The van der Waals surface area contributed by atoms with Gasteiger partial charge in [-0.1, -0.05) is 32.0 Å². The van der Waals surface area contributed by atoms with E-state index in [1.807, 2.05) is 46.7 Å². The number of benzene rings is 1. The molecule has 2 heterocycles. The standard InChI is InChI=1S/C23H28N2O4S/c1-16(2)17-7-9-18(10-8-17)25-22(26)20(19-6-5-15-30-19)21(23(25)27)24(11-13-28-3)12-14-29-4/h5-10,15-16H,11-14H2,1-4H3. The van der Waals surface area contributed by atoms with E-state index in [4.69, 9.17) is 9.47 Å². The Morgan fingerprint density at radius 2 is 1.60 bits per heavy atom. The Hall–Kier alpha value is -2.48. The van der Waals surface area contributed by atoms with E-state index < -0.39 is 0 Å². The fourth-order valence-corrected chi connectivity index (χ4v) is 4.20. The number of anilines is 1. The van der Waals surface area contributed by atoms with E-state index in [1.165, 1.54) is 16.2 Å². The van der Waals surface area contributed by atoms with Crippen molar-refractivity contribution in [1.82, 2.24) is 4.90 Å². The number of ether oxygens (including phenoxy) is 2.